The van der Waals surface area contributed by atoms with Crippen LogP contribution < -0.4 is 5.73 Å². The van der Waals surface area contributed by atoms with Crippen molar-refractivity contribution in [2.45, 2.75) is 22.5 Å². The number of hydrogen-bond acceptors (Lipinski definition) is 6. The SMILES string of the molecule is Nc1nc(Sc2ccc3c(C(F)(F)F)cc(C(F)(F)F)nc3n2)n[nH]1. The number of nitrogen functional groups attached to an aromatic ring is 1. The Kier molecular flexibility index (Phi) is 3.97. The normalized spacial score (nSPS) is 12.7. The van der Waals surface area contributed by atoms with Gasteiger partial charge in [-0.2, -0.15) is 31.3 Å². The smallest absolute Gasteiger partial charge is 0.368 e. The largest absolute Gasteiger partial charge is 0.433 e. The van der Waals surface area contributed by atoms with Crippen molar-refractivity contribution < 1.29 is 26.3 Å². The summed E-state index contributed by atoms with van der Waals surface area (Å²) < 4.78 is 77.7. The fourth-order valence-corrected chi connectivity index (χ4v) is 2.61. The Bertz CT molecular complexity index is 934. The molecule has 0 aromatic carbocycles. The Hall–Kier alpha value is -2.57. The van der Waals surface area contributed by atoms with E-state index in [1.54, 1.807) is 0 Å². The molecule has 3 aromatic heterocycles. The van der Waals surface area contributed by atoms with Crippen molar-refractivity contribution in [3.8, 4) is 0 Å². The minimum Gasteiger partial charge on any atom is -0.368 e. The fourth-order valence-electron chi connectivity index (χ4n) is 1.92. The number of pyridine rings is 2. The Labute approximate surface area is 138 Å². The quantitative estimate of drug-likeness (QED) is 0.661. The highest BCUT2D eigenvalue weighted by atomic mass is 32.2. The van der Waals surface area contributed by atoms with E-state index in [4.69, 9.17) is 5.73 Å². The van der Waals surface area contributed by atoms with Gasteiger partial charge in [0.25, 0.3) is 0 Å². The summed E-state index contributed by atoms with van der Waals surface area (Å²) in [7, 11) is 0. The summed E-state index contributed by atoms with van der Waals surface area (Å²) in [6, 6.07) is 2.16. The average molecular weight is 380 g/mol. The first kappa shape index (κ1) is 17.3. The molecule has 3 aromatic rings. The van der Waals surface area contributed by atoms with Gasteiger partial charge in [-0.15, -0.1) is 5.10 Å². The van der Waals surface area contributed by atoms with Crippen LogP contribution in [0.1, 0.15) is 11.3 Å². The van der Waals surface area contributed by atoms with E-state index in [-0.39, 0.29) is 22.2 Å². The van der Waals surface area contributed by atoms with Crippen LogP contribution in [-0.2, 0) is 12.4 Å². The Morgan fingerprint density at radius 3 is 2.24 bits per heavy atom. The van der Waals surface area contributed by atoms with Crippen molar-refractivity contribution in [2.75, 3.05) is 5.73 Å². The van der Waals surface area contributed by atoms with Gasteiger partial charge in [0.15, 0.2) is 5.65 Å². The summed E-state index contributed by atoms with van der Waals surface area (Å²) >= 11 is 0.803. The zero-order valence-electron chi connectivity index (χ0n) is 11.8. The lowest BCUT2D eigenvalue weighted by atomic mass is 10.1. The zero-order valence-corrected chi connectivity index (χ0v) is 12.6. The lowest BCUT2D eigenvalue weighted by Gasteiger charge is -2.13. The van der Waals surface area contributed by atoms with Crippen molar-refractivity contribution in [3.05, 3.63) is 29.5 Å². The van der Waals surface area contributed by atoms with Gasteiger partial charge >= 0.3 is 12.4 Å². The van der Waals surface area contributed by atoms with E-state index in [0.717, 1.165) is 17.8 Å². The maximum Gasteiger partial charge on any atom is 0.433 e. The topological polar surface area (TPSA) is 93.4 Å². The van der Waals surface area contributed by atoms with Gasteiger partial charge in [0.2, 0.25) is 11.1 Å². The fraction of sp³-hybridized carbons (Fsp3) is 0.167. The lowest BCUT2D eigenvalue weighted by molar-refractivity contribution is -0.144. The number of halogens is 6. The maximum atomic E-state index is 13.1. The molecule has 0 atom stereocenters. The molecular weight excluding hydrogens is 374 g/mol. The second kappa shape index (κ2) is 5.75. The molecule has 0 aliphatic carbocycles. The summed E-state index contributed by atoms with van der Waals surface area (Å²) in [5, 5.41) is 5.65. The minimum absolute atomic E-state index is 0.000120. The van der Waals surface area contributed by atoms with Crippen LogP contribution in [0.4, 0.5) is 32.3 Å². The molecule has 0 aliphatic rings. The highest BCUT2D eigenvalue weighted by Gasteiger charge is 2.39. The third-order valence-corrected chi connectivity index (χ3v) is 3.72. The molecule has 0 spiro atoms. The van der Waals surface area contributed by atoms with Crippen LogP contribution in [0, 0.1) is 0 Å². The van der Waals surface area contributed by atoms with Crippen LogP contribution in [0.3, 0.4) is 0 Å². The lowest BCUT2D eigenvalue weighted by Crippen LogP contribution is -2.14. The van der Waals surface area contributed by atoms with Crippen molar-refractivity contribution in [2.24, 2.45) is 0 Å². The first-order chi connectivity index (χ1) is 11.5. The van der Waals surface area contributed by atoms with Crippen LogP contribution in [0.15, 0.2) is 28.4 Å². The zero-order chi connectivity index (χ0) is 18.4. The molecule has 0 fully saturated rings. The number of nitrogens with one attached hydrogen (secondary N) is 1. The van der Waals surface area contributed by atoms with Crippen LogP contribution in [-0.4, -0.2) is 25.1 Å². The number of hydrogen-bond donors (Lipinski definition) is 2. The number of nitrogens with zero attached hydrogens (tertiary/aromatic N) is 4. The number of rotatable bonds is 2. The van der Waals surface area contributed by atoms with E-state index >= 15 is 0 Å². The van der Waals surface area contributed by atoms with E-state index in [2.05, 4.69) is 25.1 Å². The van der Waals surface area contributed by atoms with Gasteiger partial charge in [-0.1, -0.05) is 0 Å². The van der Waals surface area contributed by atoms with E-state index in [1.807, 2.05) is 0 Å². The minimum atomic E-state index is -5.04. The third-order valence-electron chi connectivity index (χ3n) is 2.92. The van der Waals surface area contributed by atoms with Crippen LogP contribution in [0.2, 0.25) is 0 Å². The molecule has 0 saturated carbocycles. The van der Waals surface area contributed by atoms with E-state index in [9.17, 15) is 26.3 Å². The second-order valence-electron chi connectivity index (χ2n) is 4.68. The standard InChI is InChI=1S/C12H6F6N6S/c13-11(14,15)5-3-6(12(16,17)18)20-8-4(5)1-2-7(21-8)25-10-22-9(19)23-24-10/h1-3H,(H3,19,22,23,24). The summed E-state index contributed by atoms with van der Waals surface area (Å²) in [6.07, 6.45) is -10.0. The summed E-state index contributed by atoms with van der Waals surface area (Å²) in [5.41, 5.74) is 1.51. The molecule has 132 valence electrons. The molecule has 25 heavy (non-hydrogen) atoms. The number of aromatic nitrogens is 5. The van der Waals surface area contributed by atoms with Gasteiger partial charge in [0, 0.05) is 5.39 Å². The molecular formula is C12H6F6N6S. The number of alkyl halides is 6. The average Bonchev–Trinajstić information content (AvgIpc) is 2.89. The molecule has 6 nitrogen and oxygen atoms in total. The number of aromatic amines is 1. The Morgan fingerprint density at radius 2 is 1.68 bits per heavy atom. The molecule has 0 unspecified atom stereocenters. The van der Waals surface area contributed by atoms with Crippen LogP contribution in [0.25, 0.3) is 11.0 Å². The van der Waals surface area contributed by atoms with Crippen LogP contribution in [0.5, 0.6) is 0 Å². The summed E-state index contributed by atoms with van der Waals surface area (Å²) in [4.78, 5) is 10.7. The molecule has 0 aliphatic heterocycles. The molecule has 0 amide bonds. The van der Waals surface area contributed by atoms with E-state index < -0.39 is 34.6 Å². The Balaban J connectivity index is 2.14. The number of anilines is 1. The van der Waals surface area contributed by atoms with E-state index in [1.165, 1.54) is 6.07 Å². The summed E-state index contributed by atoms with van der Waals surface area (Å²) in [6.45, 7) is 0. The van der Waals surface area contributed by atoms with Crippen LogP contribution >= 0.6 is 11.8 Å². The second-order valence-corrected chi connectivity index (χ2v) is 5.66. The molecule has 0 radical (unpaired) electrons. The van der Waals surface area contributed by atoms with Gasteiger partial charge in [-0.05, 0) is 30.0 Å². The number of nitrogens with two attached hydrogens (primary N) is 1. The first-order valence-corrected chi connectivity index (χ1v) is 7.17. The van der Waals surface area contributed by atoms with Crippen molar-refractivity contribution in [1.82, 2.24) is 25.1 Å². The van der Waals surface area contributed by atoms with Crippen molar-refractivity contribution in [3.63, 3.8) is 0 Å². The molecule has 3 heterocycles. The maximum absolute atomic E-state index is 13.1. The predicted molar refractivity (Wildman–Crippen MR) is 74.5 cm³/mol. The van der Waals surface area contributed by atoms with Crippen molar-refractivity contribution >= 4 is 28.7 Å². The third kappa shape index (κ3) is 3.60. The highest BCUT2D eigenvalue weighted by molar-refractivity contribution is 7.99. The number of fused-ring (bicyclic) bond motifs is 1. The number of H-pyrrole nitrogens is 1. The van der Waals surface area contributed by atoms with Gasteiger partial charge in [-0.25, -0.2) is 15.1 Å². The van der Waals surface area contributed by atoms with Crippen molar-refractivity contribution in [1.29, 1.82) is 0 Å². The molecule has 3 N–H and O–H groups in total. The summed E-state index contributed by atoms with van der Waals surface area (Å²) in [5.74, 6) is 0.000120. The van der Waals surface area contributed by atoms with E-state index in [0.29, 0.717) is 0 Å². The molecule has 0 bridgehead atoms. The molecule has 3 rings (SSSR count). The monoisotopic (exact) mass is 380 g/mol. The Morgan fingerprint density at radius 1 is 0.960 bits per heavy atom. The molecule has 13 heteroatoms. The molecule has 0 saturated heterocycles. The predicted octanol–water partition coefficient (Wildman–Crippen LogP) is 3.52. The van der Waals surface area contributed by atoms with Gasteiger partial charge < -0.3 is 5.73 Å². The van der Waals surface area contributed by atoms with Gasteiger partial charge in [0.1, 0.15) is 10.7 Å². The first-order valence-electron chi connectivity index (χ1n) is 6.36. The van der Waals surface area contributed by atoms with Gasteiger partial charge in [-0.3, -0.25) is 0 Å². The van der Waals surface area contributed by atoms with Gasteiger partial charge in [0.05, 0.1) is 5.56 Å². The highest BCUT2D eigenvalue weighted by Crippen LogP contribution is 2.38.